The van der Waals surface area contributed by atoms with Gasteiger partial charge in [0.2, 0.25) is 5.89 Å². The van der Waals surface area contributed by atoms with E-state index in [1.807, 2.05) is 51.1 Å². The van der Waals surface area contributed by atoms with Crippen molar-refractivity contribution in [3.8, 4) is 0 Å². The molecule has 8 heteroatoms. The van der Waals surface area contributed by atoms with Crippen LogP contribution in [0.15, 0.2) is 34.9 Å². The highest BCUT2D eigenvalue weighted by Gasteiger charge is 2.36. The quantitative estimate of drug-likeness (QED) is 0.770. The van der Waals surface area contributed by atoms with Crippen LogP contribution in [0.3, 0.4) is 0 Å². The molecule has 2 heterocycles. The van der Waals surface area contributed by atoms with Crippen molar-refractivity contribution in [1.82, 2.24) is 20.4 Å². The third-order valence-electron chi connectivity index (χ3n) is 5.76. The summed E-state index contributed by atoms with van der Waals surface area (Å²) in [7, 11) is 0. The fraction of sp³-hybridized carbons (Fsp3) is 0.609. The molecule has 0 bridgehead atoms. The molecule has 2 fully saturated rings. The van der Waals surface area contributed by atoms with E-state index in [1.165, 1.54) is 25.7 Å². The number of nitrogens with one attached hydrogen (secondary N) is 1. The van der Waals surface area contributed by atoms with Crippen molar-refractivity contribution in [3.05, 3.63) is 47.6 Å². The molecule has 168 valence electrons. The normalized spacial score (nSPS) is 21.7. The van der Waals surface area contributed by atoms with Crippen LogP contribution in [0, 0.1) is 0 Å². The predicted octanol–water partition coefficient (Wildman–Crippen LogP) is 4.00. The molecule has 1 saturated carbocycles. The van der Waals surface area contributed by atoms with Crippen LogP contribution in [-0.2, 0) is 9.47 Å². The second-order valence-corrected chi connectivity index (χ2v) is 9.25. The van der Waals surface area contributed by atoms with Crippen molar-refractivity contribution >= 4 is 6.09 Å². The molecule has 4 rings (SSSR count). The molecule has 31 heavy (non-hydrogen) atoms. The minimum atomic E-state index is -0.602. The van der Waals surface area contributed by atoms with E-state index in [0.29, 0.717) is 24.4 Å². The summed E-state index contributed by atoms with van der Waals surface area (Å²) in [6.45, 7) is 7.62. The number of aromatic nitrogens is 2. The molecule has 1 aromatic heterocycles. The second kappa shape index (κ2) is 9.36. The number of amides is 1. The van der Waals surface area contributed by atoms with Crippen LogP contribution in [0.4, 0.5) is 4.79 Å². The van der Waals surface area contributed by atoms with Crippen molar-refractivity contribution in [3.63, 3.8) is 0 Å². The summed E-state index contributed by atoms with van der Waals surface area (Å²) in [5.74, 6) is 0.942. The molecule has 0 radical (unpaired) electrons. The first-order valence-corrected chi connectivity index (χ1v) is 11.1. The van der Waals surface area contributed by atoms with Gasteiger partial charge in [-0.1, -0.05) is 48.3 Å². The minimum Gasteiger partial charge on any atom is -0.444 e. The summed E-state index contributed by atoms with van der Waals surface area (Å²) < 4.78 is 16.9. The minimum absolute atomic E-state index is 0.0592. The summed E-state index contributed by atoms with van der Waals surface area (Å²) >= 11 is 0. The molecule has 1 aliphatic carbocycles. The SMILES string of the molecule is CC(C)(C)OC(=O)NC(c1ccccc1)c1noc(C2COCCN2C2CCCC2)n1. The number of carbonyl (C=O) groups is 1. The molecule has 2 aliphatic rings. The fourth-order valence-electron chi connectivity index (χ4n) is 4.37. The average molecular weight is 429 g/mol. The standard InChI is InChI=1S/C23H32N4O4/c1-23(2,3)30-22(28)24-19(16-9-5-4-6-10-16)20-25-21(31-26-20)18-15-29-14-13-27(18)17-11-7-8-12-17/h4-6,9-10,17-19H,7-8,11-15H2,1-3H3,(H,24,28). The fourth-order valence-corrected chi connectivity index (χ4v) is 4.37. The van der Waals surface area contributed by atoms with Crippen molar-refractivity contribution < 1.29 is 18.8 Å². The van der Waals surface area contributed by atoms with E-state index in [2.05, 4.69) is 15.4 Å². The van der Waals surface area contributed by atoms with E-state index in [9.17, 15) is 4.79 Å². The van der Waals surface area contributed by atoms with E-state index < -0.39 is 17.7 Å². The number of carbonyl (C=O) groups excluding carboxylic acids is 1. The molecule has 2 aromatic rings. The van der Waals surface area contributed by atoms with Crippen LogP contribution in [0.5, 0.6) is 0 Å². The van der Waals surface area contributed by atoms with E-state index >= 15 is 0 Å². The summed E-state index contributed by atoms with van der Waals surface area (Å²) in [4.78, 5) is 19.7. The monoisotopic (exact) mass is 428 g/mol. The molecule has 0 spiro atoms. The van der Waals surface area contributed by atoms with Crippen LogP contribution < -0.4 is 5.32 Å². The second-order valence-electron chi connectivity index (χ2n) is 9.25. The lowest BCUT2D eigenvalue weighted by molar-refractivity contribution is -0.0397. The number of alkyl carbamates (subject to hydrolysis) is 1. The van der Waals surface area contributed by atoms with Gasteiger partial charge in [0, 0.05) is 12.6 Å². The van der Waals surface area contributed by atoms with Crippen molar-refractivity contribution in [1.29, 1.82) is 0 Å². The zero-order chi connectivity index (χ0) is 21.8. The number of ether oxygens (including phenoxy) is 2. The summed E-state index contributed by atoms with van der Waals surface area (Å²) in [6, 6.07) is 9.50. The van der Waals surface area contributed by atoms with Gasteiger partial charge in [0.1, 0.15) is 17.7 Å². The van der Waals surface area contributed by atoms with Gasteiger partial charge in [-0.3, -0.25) is 4.90 Å². The maximum absolute atomic E-state index is 12.5. The van der Waals surface area contributed by atoms with Gasteiger partial charge in [0.05, 0.1) is 13.2 Å². The Balaban J connectivity index is 1.57. The maximum atomic E-state index is 12.5. The molecular weight excluding hydrogens is 396 g/mol. The Labute approximate surface area is 183 Å². The third-order valence-corrected chi connectivity index (χ3v) is 5.76. The Kier molecular flexibility index (Phi) is 6.57. The number of rotatable bonds is 5. The van der Waals surface area contributed by atoms with Gasteiger partial charge in [-0.05, 0) is 39.2 Å². The first-order valence-electron chi connectivity index (χ1n) is 11.1. The Morgan fingerprint density at radius 3 is 2.68 bits per heavy atom. The lowest BCUT2D eigenvalue weighted by Crippen LogP contribution is -2.45. The van der Waals surface area contributed by atoms with Crippen LogP contribution in [0.2, 0.25) is 0 Å². The zero-order valence-electron chi connectivity index (χ0n) is 18.5. The zero-order valence-corrected chi connectivity index (χ0v) is 18.5. The molecule has 2 atom stereocenters. The topological polar surface area (TPSA) is 89.7 Å². The summed E-state index contributed by atoms with van der Waals surface area (Å²) in [6.07, 6.45) is 4.40. The molecule has 1 aromatic carbocycles. The van der Waals surface area contributed by atoms with Gasteiger partial charge in [-0.25, -0.2) is 4.79 Å². The Morgan fingerprint density at radius 1 is 1.23 bits per heavy atom. The number of hydrogen-bond acceptors (Lipinski definition) is 7. The Hall–Kier alpha value is -2.45. The molecule has 1 amide bonds. The van der Waals surface area contributed by atoms with Crippen molar-refractivity contribution in [2.45, 2.75) is 70.2 Å². The first kappa shape index (κ1) is 21.8. The number of nitrogens with zero attached hydrogens (tertiary/aromatic N) is 3. The van der Waals surface area contributed by atoms with Crippen LogP contribution in [0.25, 0.3) is 0 Å². The lowest BCUT2D eigenvalue weighted by atomic mass is 10.1. The molecular formula is C23H32N4O4. The highest BCUT2D eigenvalue weighted by molar-refractivity contribution is 5.69. The van der Waals surface area contributed by atoms with Crippen LogP contribution in [0.1, 0.15) is 75.8 Å². The highest BCUT2D eigenvalue weighted by Crippen LogP contribution is 2.33. The average Bonchev–Trinajstić information content (AvgIpc) is 3.44. The number of benzene rings is 1. The van der Waals surface area contributed by atoms with E-state index in [0.717, 1.165) is 18.7 Å². The molecule has 1 aliphatic heterocycles. The first-order chi connectivity index (χ1) is 14.9. The molecule has 8 nitrogen and oxygen atoms in total. The van der Waals surface area contributed by atoms with E-state index in [4.69, 9.17) is 19.0 Å². The predicted molar refractivity (Wildman–Crippen MR) is 114 cm³/mol. The van der Waals surface area contributed by atoms with E-state index in [1.54, 1.807) is 0 Å². The molecule has 2 unspecified atom stereocenters. The van der Waals surface area contributed by atoms with Crippen molar-refractivity contribution in [2.75, 3.05) is 19.8 Å². The maximum Gasteiger partial charge on any atom is 0.408 e. The van der Waals surface area contributed by atoms with E-state index in [-0.39, 0.29) is 6.04 Å². The number of morpholine rings is 1. The van der Waals surface area contributed by atoms with Crippen LogP contribution in [-0.4, -0.2) is 52.5 Å². The van der Waals surface area contributed by atoms with Gasteiger partial charge in [-0.15, -0.1) is 0 Å². The summed E-state index contributed by atoms with van der Waals surface area (Å²) in [5.41, 5.74) is 0.253. The smallest absolute Gasteiger partial charge is 0.408 e. The Bertz CT molecular complexity index is 858. The summed E-state index contributed by atoms with van der Waals surface area (Å²) in [5, 5.41) is 7.14. The van der Waals surface area contributed by atoms with Gasteiger partial charge in [0.15, 0.2) is 5.82 Å². The highest BCUT2D eigenvalue weighted by atomic mass is 16.6. The third kappa shape index (κ3) is 5.43. The largest absolute Gasteiger partial charge is 0.444 e. The van der Waals surface area contributed by atoms with Crippen molar-refractivity contribution in [2.24, 2.45) is 0 Å². The molecule has 1 saturated heterocycles. The van der Waals surface area contributed by atoms with Gasteiger partial charge < -0.3 is 19.3 Å². The van der Waals surface area contributed by atoms with Gasteiger partial charge in [-0.2, -0.15) is 4.98 Å². The number of hydrogen-bond donors (Lipinski definition) is 1. The van der Waals surface area contributed by atoms with Gasteiger partial charge >= 0.3 is 6.09 Å². The Morgan fingerprint density at radius 2 is 1.97 bits per heavy atom. The lowest BCUT2D eigenvalue weighted by Gasteiger charge is -2.37. The van der Waals surface area contributed by atoms with Gasteiger partial charge in [0.25, 0.3) is 0 Å². The van der Waals surface area contributed by atoms with Crippen LogP contribution >= 0.6 is 0 Å². The molecule has 1 N–H and O–H groups in total.